The van der Waals surface area contributed by atoms with Crippen LogP contribution in [0.3, 0.4) is 0 Å². The standard InChI is InChI=1S/C12H19N3O3S/c1-3-13-11-6-4-5-7-12(11)19(17,18)15-9-8-14-10(2)16/h4-7,13,15H,3,8-9H2,1-2H3,(H,14,16). The smallest absolute Gasteiger partial charge is 0.242 e. The monoisotopic (exact) mass is 285 g/mol. The van der Waals surface area contributed by atoms with Gasteiger partial charge in [-0.2, -0.15) is 0 Å². The van der Waals surface area contributed by atoms with E-state index in [-0.39, 0.29) is 23.9 Å². The van der Waals surface area contributed by atoms with Gasteiger partial charge >= 0.3 is 0 Å². The van der Waals surface area contributed by atoms with Gasteiger partial charge in [-0.3, -0.25) is 4.79 Å². The molecule has 0 aliphatic carbocycles. The molecule has 1 amide bonds. The number of amides is 1. The van der Waals surface area contributed by atoms with E-state index >= 15 is 0 Å². The number of carbonyl (C=O) groups excluding carboxylic acids is 1. The Kier molecular flexibility index (Phi) is 5.78. The lowest BCUT2D eigenvalue weighted by atomic mass is 10.3. The minimum absolute atomic E-state index is 0.155. The van der Waals surface area contributed by atoms with E-state index in [1.54, 1.807) is 24.3 Å². The van der Waals surface area contributed by atoms with Crippen LogP contribution in [0.2, 0.25) is 0 Å². The molecule has 0 aromatic heterocycles. The summed E-state index contributed by atoms with van der Waals surface area (Å²) in [5.41, 5.74) is 0.567. The van der Waals surface area contributed by atoms with E-state index in [0.717, 1.165) is 0 Å². The number of hydrogen-bond donors (Lipinski definition) is 3. The van der Waals surface area contributed by atoms with Crippen molar-refractivity contribution >= 4 is 21.6 Å². The van der Waals surface area contributed by atoms with Crippen molar-refractivity contribution in [1.29, 1.82) is 0 Å². The van der Waals surface area contributed by atoms with E-state index in [1.165, 1.54) is 6.92 Å². The number of sulfonamides is 1. The highest BCUT2D eigenvalue weighted by Gasteiger charge is 2.17. The van der Waals surface area contributed by atoms with E-state index in [2.05, 4.69) is 15.4 Å². The van der Waals surface area contributed by atoms with E-state index in [4.69, 9.17) is 0 Å². The number of para-hydroxylation sites is 1. The van der Waals surface area contributed by atoms with Gasteiger partial charge in [0, 0.05) is 26.6 Å². The molecule has 19 heavy (non-hydrogen) atoms. The molecule has 1 rings (SSSR count). The first kappa shape index (κ1) is 15.5. The summed E-state index contributed by atoms with van der Waals surface area (Å²) in [5, 5.41) is 5.53. The van der Waals surface area contributed by atoms with Crippen LogP contribution in [0.5, 0.6) is 0 Å². The molecule has 1 aromatic carbocycles. The van der Waals surface area contributed by atoms with Gasteiger partial charge < -0.3 is 10.6 Å². The fourth-order valence-corrected chi connectivity index (χ4v) is 2.75. The molecular weight excluding hydrogens is 266 g/mol. The molecule has 106 valence electrons. The van der Waals surface area contributed by atoms with Crippen LogP contribution in [-0.2, 0) is 14.8 Å². The van der Waals surface area contributed by atoms with Gasteiger partial charge in [-0.1, -0.05) is 12.1 Å². The zero-order chi connectivity index (χ0) is 14.3. The summed E-state index contributed by atoms with van der Waals surface area (Å²) in [4.78, 5) is 10.9. The molecule has 0 spiro atoms. The van der Waals surface area contributed by atoms with Gasteiger partial charge in [0.1, 0.15) is 4.90 Å². The maximum Gasteiger partial charge on any atom is 0.242 e. The van der Waals surface area contributed by atoms with Crippen LogP contribution in [0.4, 0.5) is 5.69 Å². The Balaban J connectivity index is 2.74. The first-order valence-corrected chi connectivity index (χ1v) is 7.52. The third kappa shape index (κ3) is 4.88. The van der Waals surface area contributed by atoms with Gasteiger partial charge in [0.15, 0.2) is 0 Å². The fourth-order valence-electron chi connectivity index (χ4n) is 1.54. The third-order valence-corrected chi connectivity index (χ3v) is 3.85. The van der Waals surface area contributed by atoms with Gasteiger partial charge in [-0.05, 0) is 19.1 Å². The van der Waals surface area contributed by atoms with Crippen LogP contribution in [0, 0.1) is 0 Å². The first-order valence-electron chi connectivity index (χ1n) is 6.04. The highest BCUT2D eigenvalue weighted by atomic mass is 32.2. The number of benzene rings is 1. The average molecular weight is 285 g/mol. The lowest BCUT2D eigenvalue weighted by molar-refractivity contribution is -0.118. The Morgan fingerprint density at radius 2 is 1.89 bits per heavy atom. The highest BCUT2D eigenvalue weighted by molar-refractivity contribution is 7.89. The molecule has 0 unspecified atom stereocenters. The quantitative estimate of drug-likeness (QED) is 0.638. The van der Waals surface area contributed by atoms with E-state index in [9.17, 15) is 13.2 Å². The maximum atomic E-state index is 12.1. The van der Waals surface area contributed by atoms with Crippen LogP contribution >= 0.6 is 0 Å². The molecule has 0 atom stereocenters. The van der Waals surface area contributed by atoms with Crippen LogP contribution in [0.25, 0.3) is 0 Å². The lowest BCUT2D eigenvalue weighted by Gasteiger charge is -2.12. The molecule has 6 nitrogen and oxygen atoms in total. The first-order chi connectivity index (χ1) is 8.97. The van der Waals surface area contributed by atoms with Crippen molar-refractivity contribution < 1.29 is 13.2 Å². The zero-order valence-corrected chi connectivity index (χ0v) is 11.9. The molecule has 0 saturated heterocycles. The number of anilines is 1. The number of hydrogen-bond acceptors (Lipinski definition) is 4. The maximum absolute atomic E-state index is 12.1. The van der Waals surface area contributed by atoms with Gasteiger partial charge in [-0.15, -0.1) is 0 Å². The summed E-state index contributed by atoms with van der Waals surface area (Å²) >= 11 is 0. The SMILES string of the molecule is CCNc1ccccc1S(=O)(=O)NCCNC(C)=O. The molecule has 0 radical (unpaired) electrons. The second-order valence-corrected chi connectivity index (χ2v) is 5.64. The number of nitrogens with one attached hydrogen (secondary N) is 3. The topological polar surface area (TPSA) is 87.3 Å². The van der Waals surface area contributed by atoms with E-state index in [1.807, 2.05) is 6.92 Å². The Bertz CT molecular complexity index is 529. The minimum Gasteiger partial charge on any atom is -0.384 e. The van der Waals surface area contributed by atoms with Crippen LogP contribution < -0.4 is 15.4 Å². The minimum atomic E-state index is -3.57. The Labute approximate surface area is 113 Å². The number of carbonyl (C=O) groups is 1. The van der Waals surface area contributed by atoms with Gasteiger partial charge in [0.05, 0.1) is 5.69 Å². The molecule has 0 saturated carbocycles. The van der Waals surface area contributed by atoms with Crippen molar-refractivity contribution in [3.05, 3.63) is 24.3 Å². The van der Waals surface area contributed by atoms with E-state index < -0.39 is 10.0 Å². The van der Waals surface area contributed by atoms with Crippen molar-refractivity contribution in [2.45, 2.75) is 18.7 Å². The zero-order valence-electron chi connectivity index (χ0n) is 11.1. The molecule has 7 heteroatoms. The van der Waals surface area contributed by atoms with Crippen molar-refractivity contribution in [3.8, 4) is 0 Å². The average Bonchev–Trinajstić information content (AvgIpc) is 2.35. The third-order valence-electron chi connectivity index (χ3n) is 2.33. The van der Waals surface area contributed by atoms with Crippen molar-refractivity contribution in [2.24, 2.45) is 0 Å². The summed E-state index contributed by atoms with van der Waals surface area (Å²) in [6.07, 6.45) is 0. The van der Waals surface area contributed by atoms with Gasteiger partial charge in [0.2, 0.25) is 15.9 Å². The van der Waals surface area contributed by atoms with Crippen LogP contribution in [0.1, 0.15) is 13.8 Å². The lowest BCUT2D eigenvalue weighted by Crippen LogP contribution is -2.33. The van der Waals surface area contributed by atoms with E-state index in [0.29, 0.717) is 12.2 Å². The summed E-state index contributed by atoms with van der Waals surface area (Å²) < 4.78 is 26.7. The molecule has 3 N–H and O–H groups in total. The molecule has 0 aliphatic rings. The highest BCUT2D eigenvalue weighted by Crippen LogP contribution is 2.19. The number of rotatable bonds is 7. The summed E-state index contributed by atoms with van der Waals surface area (Å²) in [5.74, 6) is -0.188. The normalized spacial score (nSPS) is 11.1. The Morgan fingerprint density at radius 1 is 1.21 bits per heavy atom. The fraction of sp³-hybridized carbons (Fsp3) is 0.417. The molecule has 0 heterocycles. The second kappa shape index (κ2) is 7.10. The largest absolute Gasteiger partial charge is 0.384 e. The second-order valence-electron chi connectivity index (χ2n) is 3.91. The Morgan fingerprint density at radius 3 is 2.53 bits per heavy atom. The molecule has 1 aromatic rings. The van der Waals surface area contributed by atoms with Crippen molar-refractivity contribution in [1.82, 2.24) is 10.0 Å². The van der Waals surface area contributed by atoms with Gasteiger partial charge in [-0.25, -0.2) is 13.1 Å². The summed E-state index contributed by atoms with van der Waals surface area (Å²) in [6.45, 7) is 4.33. The van der Waals surface area contributed by atoms with Crippen molar-refractivity contribution in [2.75, 3.05) is 25.0 Å². The molecule has 0 fully saturated rings. The predicted octanol–water partition coefficient (Wildman–Crippen LogP) is 0.533. The predicted molar refractivity (Wildman–Crippen MR) is 74.5 cm³/mol. The molecular formula is C12H19N3O3S. The summed E-state index contributed by atoms with van der Waals surface area (Å²) in [6, 6.07) is 6.70. The van der Waals surface area contributed by atoms with Crippen LogP contribution in [-0.4, -0.2) is 34.0 Å². The summed E-state index contributed by atoms with van der Waals surface area (Å²) in [7, 11) is -3.57. The van der Waals surface area contributed by atoms with Crippen LogP contribution in [0.15, 0.2) is 29.2 Å². The Hall–Kier alpha value is -1.60. The molecule has 0 aliphatic heterocycles. The molecule has 0 bridgehead atoms. The van der Waals surface area contributed by atoms with Crippen molar-refractivity contribution in [3.63, 3.8) is 0 Å². The van der Waals surface area contributed by atoms with Gasteiger partial charge in [0.25, 0.3) is 0 Å².